The van der Waals surface area contributed by atoms with E-state index < -0.39 is 0 Å². The number of nitriles is 1. The molecule has 1 amide bonds. The lowest BCUT2D eigenvalue weighted by atomic mass is 10.2. The molecule has 0 fully saturated rings. The summed E-state index contributed by atoms with van der Waals surface area (Å²) in [5, 5.41) is 11.9. The number of nitrogens with zero attached hydrogens (tertiary/aromatic N) is 2. The third kappa shape index (κ3) is 5.87. The molecule has 0 spiro atoms. The zero-order chi connectivity index (χ0) is 18.8. The van der Waals surface area contributed by atoms with Gasteiger partial charge in [-0.1, -0.05) is 30.3 Å². The van der Waals surface area contributed by atoms with E-state index in [2.05, 4.69) is 11.4 Å². The van der Waals surface area contributed by atoms with Gasteiger partial charge in [-0.3, -0.25) is 10.1 Å². The van der Waals surface area contributed by atoms with E-state index >= 15 is 0 Å². The highest BCUT2D eigenvalue weighted by atomic mass is 32.1. The lowest BCUT2D eigenvalue weighted by Crippen LogP contribution is -2.42. The van der Waals surface area contributed by atoms with Crippen LogP contribution < -0.4 is 10.1 Å². The van der Waals surface area contributed by atoms with Gasteiger partial charge in [-0.15, -0.1) is 0 Å². The molecule has 2 rings (SSSR count). The van der Waals surface area contributed by atoms with Gasteiger partial charge in [0.1, 0.15) is 5.75 Å². The largest absolute Gasteiger partial charge is 0.494 e. The molecule has 0 bridgehead atoms. The first-order valence-electron chi connectivity index (χ1n) is 8.38. The maximum absolute atomic E-state index is 12.4. The highest BCUT2D eigenvalue weighted by molar-refractivity contribution is 7.80. The summed E-state index contributed by atoms with van der Waals surface area (Å²) in [7, 11) is 0. The first-order valence-corrected chi connectivity index (χ1v) is 8.79. The number of rotatable bonds is 7. The summed E-state index contributed by atoms with van der Waals surface area (Å²) in [5.41, 5.74) is 1.55. The second-order valence-corrected chi connectivity index (χ2v) is 5.92. The predicted octanol–water partition coefficient (Wildman–Crippen LogP) is 3.52. The number of hydrogen-bond donors (Lipinski definition) is 1. The van der Waals surface area contributed by atoms with Crippen molar-refractivity contribution in [3.05, 3.63) is 65.7 Å². The Morgan fingerprint density at radius 1 is 1.19 bits per heavy atom. The van der Waals surface area contributed by atoms with Crippen LogP contribution in [0.2, 0.25) is 0 Å². The van der Waals surface area contributed by atoms with Crippen LogP contribution in [0.1, 0.15) is 29.3 Å². The van der Waals surface area contributed by atoms with E-state index in [1.807, 2.05) is 42.2 Å². The Labute approximate surface area is 159 Å². The van der Waals surface area contributed by atoms with Gasteiger partial charge in [0.05, 0.1) is 19.1 Å². The van der Waals surface area contributed by atoms with Crippen LogP contribution in [0.15, 0.2) is 54.6 Å². The third-order valence-corrected chi connectivity index (χ3v) is 4.01. The van der Waals surface area contributed by atoms with Crippen molar-refractivity contribution in [3.8, 4) is 11.8 Å². The third-order valence-electron chi connectivity index (χ3n) is 3.64. The summed E-state index contributed by atoms with van der Waals surface area (Å²) in [6.45, 7) is 3.46. The molecule has 0 aliphatic carbocycles. The second-order valence-electron chi connectivity index (χ2n) is 5.53. The highest BCUT2D eigenvalue weighted by Crippen LogP contribution is 2.12. The molecule has 0 radical (unpaired) electrons. The first-order chi connectivity index (χ1) is 12.6. The van der Waals surface area contributed by atoms with Crippen LogP contribution in [-0.2, 0) is 6.54 Å². The summed E-state index contributed by atoms with van der Waals surface area (Å²) >= 11 is 5.39. The Kier molecular flexibility index (Phi) is 7.59. The first kappa shape index (κ1) is 19.4. The fourth-order valence-corrected chi connectivity index (χ4v) is 2.61. The van der Waals surface area contributed by atoms with Gasteiger partial charge in [-0.05, 0) is 49.0 Å². The predicted molar refractivity (Wildman–Crippen MR) is 105 cm³/mol. The van der Waals surface area contributed by atoms with Gasteiger partial charge in [-0.2, -0.15) is 5.26 Å². The molecular formula is C20H21N3O2S. The number of amides is 1. The molecule has 0 unspecified atom stereocenters. The van der Waals surface area contributed by atoms with Crippen molar-refractivity contribution in [2.24, 2.45) is 0 Å². The summed E-state index contributed by atoms with van der Waals surface area (Å²) in [6, 6.07) is 18.8. The Hall–Kier alpha value is -2.91. The van der Waals surface area contributed by atoms with Crippen LogP contribution in [0, 0.1) is 11.3 Å². The van der Waals surface area contributed by atoms with E-state index in [0.29, 0.717) is 42.5 Å². The number of thiocarbonyl (C=S) groups is 1. The van der Waals surface area contributed by atoms with E-state index in [0.717, 1.165) is 5.56 Å². The monoisotopic (exact) mass is 367 g/mol. The average molecular weight is 367 g/mol. The van der Waals surface area contributed by atoms with Gasteiger partial charge in [0.25, 0.3) is 5.91 Å². The number of ether oxygens (including phenoxy) is 1. The molecule has 134 valence electrons. The van der Waals surface area contributed by atoms with E-state index in [9.17, 15) is 4.79 Å². The van der Waals surface area contributed by atoms with Crippen molar-refractivity contribution in [2.75, 3.05) is 13.2 Å². The SMILES string of the molecule is CCOc1ccc(C(=O)NC(=S)N(CCC#N)Cc2ccccc2)cc1. The van der Waals surface area contributed by atoms with Crippen molar-refractivity contribution < 1.29 is 9.53 Å². The van der Waals surface area contributed by atoms with Gasteiger partial charge in [0.2, 0.25) is 0 Å². The molecule has 1 N–H and O–H groups in total. The quantitative estimate of drug-likeness (QED) is 0.759. The summed E-state index contributed by atoms with van der Waals surface area (Å²) in [4.78, 5) is 14.2. The summed E-state index contributed by atoms with van der Waals surface area (Å²) < 4.78 is 5.37. The maximum Gasteiger partial charge on any atom is 0.257 e. The zero-order valence-electron chi connectivity index (χ0n) is 14.6. The van der Waals surface area contributed by atoms with Crippen LogP contribution in [-0.4, -0.2) is 29.1 Å². The molecule has 0 saturated carbocycles. The van der Waals surface area contributed by atoms with Gasteiger partial charge >= 0.3 is 0 Å². The van der Waals surface area contributed by atoms with Crippen molar-refractivity contribution >= 4 is 23.2 Å². The van der Waals surface area contributed by atoms with Crippen LogP contribution in [0.5, 0.6) is 5.75 Å². The lowest BCUT2D eigenvalue weighted by Gasteiger charge is -2.24. The summed E-state index contributed by atoms with van der Waals surface area (Å²) in [6.07, 6.45) is 0.325. The molecule has 0 aliphatic heterocycles. The number of nitrogens with one attached hydrogen (secondary N) is 1. The smallest absolute Gasteiger partial charge is 0.257 e. The van der Waals surface area contributed by atoms with Gasteiger partial charge in [-0.25, -0.2) is 0 Å². The molecule has 0 atom stereocenters. The van der Waals surface area contributed by atoms with E-state index in [1.165, 1.54) is 0 Å². The molecule has 2 aromatic carbocycles. The molecule has 6 heteroatoms. The van der Waals surface area contributed by atoms with Crippen molar-refractivity contribution in [1.29, 1.82) is 5.26 Å². The van der Waals surface area contributed by atoms with E-state index in [-0.39, 0.29) is 5.91 Å². The van der Waals surface area contributed by atoms with Crippen LogP contribution >= 0.6 is 12.2 Å². The fourth-order valence-electron chi connectivity index (χ4n) is 2.36. The van der Waals surface area contributed by atoms with Gasteiger partial charge in [0, 0.05) is 18.7 Å². The number of carbonyl (C=O) groups is 1. The molecule has 0 aliphatic rings. The Balaban J connectivity index is 2.02. The standard InChI is InChI=1S/C20H21N3O2S/c1-2-25-18-11-9-17(10-12-18)19(24)22-20(26)23(14-6-13-21)15-16-7-4-3-5-8-16/h3-5,7-12H,2,6,14-15H2,1H3,(H,22,24,26). The van der Waals surface area contributed by atoms with E-state index in [1.54, 1.807) is 24.3 Å². The van der Waals surface area contributed by atoms with Crippen molar-refractivity contribution in [2.45, 2.75) is 19.9 Å². The zero-order valence-corrected chi connectivity index (χ0v) is 15.5. The average Bonchev–Trinajstić information content (AvgIpc) is 2.66. The molecule has 0 heterocycles. The van der Waals surface area contributed by atoms with Crippen LogP contribution in [0.25, 0.3) is 0 Å². The molecule has 5 nitrogen and oxygen atoms in total. The Morgan fingerprint density at radius 3 is 2.50 bits per heavy atom. The highest BCUT2D eigenvalue weighted by Gasteiger charge is 2.14. The molecule has 0 saturated heterocycles. The van der Waals surface area contributed by atoms with Gasteiger partial charge < -0.3 is 9.64 Å². The Bertz CT molecular complexity index is 770. The van der Waals surface area contributed by atoms with Crippen molar-refractivity contribution in [1.82, 2.24) is 10.2 Å². The number of carbonyl (C=O) groups excluding carboxylic acids is 1. The number of hydrogen-bond acceptors (Lipinski definition) is 4. The van der Waals surface area contributed by atoms with Crippen LogP contribution in [0.3, 0.4) is 0 Å². The van der Waals surface area contributed by atoms with E-state index in [4.69, 9.17) is 22.2 Å². The molecule has 0 aromatic heterocycles. The lowest BCUT2D eigenvalue weighted by molar-refractivity contribution is 0.0973. The molecular weight excluding hydrogens is 346 g/mol. The second kappa shape index (κ2) is 10.2. The van der Waals surface area contributed by atoms with Crippen LogP contribution in [0.4, 0.5) is 0 Å². The normalized spacial score (nSPS) is 9.85. The van der Waals surface area contributed by atoms with Crippen molar-refractivity contribution in [3.63, 3.8) is 0 Å². The van der Waals surface area contributed by atoms with Gasteiger partial charge in [0.15, 0.2) is 5.11 Å². The minimum atomic E-state index is -0.284. The molecule has 26 heavy (non-hydrogen) atoms. The topological polar surface area (TPSA) is 65.4 Å². The number of benzene rings is 2. The Morgan fingerprint density at radius 2 is 1.88 bits per heavy atom. The summed E-state index contributed by atoms with van der Waals surface area (Å²) in [5.74, 6) is 0.430. The fraction of sp³-hybridized carbons (Fsp3) is 0.250. The maximum atomic E-state index is 12.4. The molecule has 2 aromatic rings. The minimum absolute atomic E-state index is 0.284. The minimum Gasteiger partial charge on any atom is -0.494 e.